The first-order valence-electron chi connectivity index (χ1n) is 7.54. The number of para-hydroxylation sites is 1. The van der Waals surface area contributed by atoms with Crippen LogP contribution in [0.25, 0.3) is 10.9 Å². The Labute approximate surface area is 149 Å². The Morgan fingerprint density at radius 1 is 1.40 bits per heavy atom. The first-order valence-corrected chi connectivity index (χ1v) is 7.54. The Hall–Kier alpha value is -2.67. The van der Waals surface area contributed by atoms with E-state index >= 15 is 0 Å². The molecule has 7 nitrogen and oxygen atoms in total. The second-order valence-corrected chi connectivity index (χ2v) is 5.68. The van der Waals surface area contributed by atoms with Crippen molar-refractivity contribution in [1.29, 1.82) is 0 Å². The lowest BCUT2D eigenvalue weighted by atomic mass is 9.89. The molecule has 1 unspecified atom stereocenters. The molecule has 2 N–H and O–H groups in total. The van der Waals surface area contributed by atoms with Crippen LogP contribution in [0.2, 0.25) is 0 Å². The van der Waals surface area contributed by atoms with Crippen LogP contribution >= 0.6 is 12.4 Å². The SMILES string of the molecule is Cc1nc2c(OCC(=O)O)cccc2cc1C1CCC(=O)NC1=O.Cl. The number of nitrogens with zero attached hydrogens (tertiary/aromatic N) is 1. The quantitative estimate of drug-likeness (QED) is 0.803. The number of carbonyl (C=O) groups excluding carboxylic acids is 2. The number of aromatic nitrogens is 1. The fourth-order valence-corrected chi connectivity index (χ4v) is 2.88. The average molecular weight is 365 g/mol. The molecule has 1 saturated heterocycles. The van der Waals surface area contributed by atoms with Crippen LogP contribution in [0.3, 0.4) is 0 Å². The number of piperidine rings is 1. The molecule has 1 aliphatic heterocycles. The third-order valence-corrected chi connectivity index (χ3v) is 4.00. The minimum Gasteiger partial charge on any atom is -0.480 e. The monoisotopic (exact) mass is 364 g/mol. The number of hydrogen-bond acceptors (Lipinski definition) is 5. The van der Waals surface area contributed by atoms with Crippen LogP contribution in [0.4, 0.5) is 0 Å². The molecule has 0 radical (unpaired) electrons. The molecule has 0 saturated carbocycles. The highest BCUT2D eigenvalue weighted by molar-refractivity contribution is 6.01. The Bertz CT molecular complexity index is 852. The van der Waals surface area contributed by atoms with Gasteiger partial charge in [-0.1, -0.05) is 12.1 Å². The lowest BCUT2D eigenvalue weighted by molar-refractivity contribution is -0.139. The van der Waals surface area contributed by atoms with Gasteiger partial charge in [0.25, 0.3) is 0 Å². The van der Waals surface area contributed by atoms with E-state index in [-0.39, 0.29) is 24.2 Å². The Kier molecular flexibility index (Phi) is 5.58. The van der Waals surface area contributed by atoms with Gasteiger partial charge in [0.05, 0.1) is 5.92 Å². The van der Waals surface area contributed by atoms with Gasteiger partial charge in [-0.2, -0.15) is 0 Å². The van der Waals surface area contributed by atoms with Gasteiger partial charge >= 0.3 is 5.97 Å². The summed E-state index contributed by atoms with van der Waals surface area (Å²) in [6.45, 7) is 1.33. The van der Waals surface area contributed by atoms with Crippen LogP contribution in [0.1, 0.15) is 30.0 Å². The maximum absolute atomic E-state index is 12.1. The van der Waals surface area contributed by atoms with Crippen LogP contribution in [0.5, 0.6) is 5.75 Å². The average Bonchev–Trinajstić information content (AvgIpc) is 2.53. The largest absolute Gasteiger partial charge is 0.480 e. The standard InChI is InChI=1S/C17H16N2O5.ClH/c1-9-12(11-5-6-14(20)19-17(11)23)7-10-3-2-4-13(16(10)18-9)24-8-15(21)22;/h2-4,7,11H,5-6,8H2,1H3,(H,21,22)(H,19,20,23);1H. The number of imide groups is 1. The number of benzene rings is 1. The fraction of sp³-hybridized carbons (Fsp3) is 0.294. The zero-order chi connectivity index (χ0) is 17.3. The summed E-state index contributed by atoms with van der Waals surface area (Å²) in [5, 5.41) is 11.9. The molecule has 1 aliphatic rings. The van der Waals surface area contributed by atoms with Crippen molar-refractivity contribution in [1.82, 2.24) is 10.3 Å². The lowest BCUT2D eigenvalue weighted by Gasteiger charge is -2.22. The minimum absolute atomic E-state index is 0. The van der Waals surface area contributed by atoms with Crippen molar-refractivity contribution >= 4 is 41.1 Å². The van der Waals surface area contributed by atoms with Crippen molar-refractivity contribution < 1.29 is 24.2 Å². The number of amides is 2. The van der Waals surface area contributed by atoms with Crippen molar-refractivity contribution in [2.75, 3.05) is 6.61 Å². The predicted molar refractivity (Wildman–Crippen MR) is 92.0 cm³/mol. The zero-order valence-corrected chi connectivity index (χ0v) is 14.3. The van der Waals surface area contributed by atoms with Crippen molar-refractivity contribution in [2.45, 2.75) is 25.7 Å². The summed E-state index contributed by atoms with van der Waals surface area (Å²) in [6, 6.07) is 7.07. The van der Waals surface area contributed by atoms with Crippen molar-refractivity contribution in [2.24, 2.45) is 0 Å². The number of fused-ring (bicyclic) bond motifs is 1. The highest BCUT2D eigenvalue weighted by Gasteiger charge is 2.29. The first kappa shape index (κ1) is 18.7. The van der Waals surface area contributed by atoms with Gasteiger partial charge in [-0.15, -0.1) is 12.4 Å². The van der Waals surface area contributed by atoms with Crippen molar-refractivity contribution in [3.63, 3.8) is 0 Å². The Morgan fingerprint density at radius 2 is 2.16 bits per heavy atom. The number of carbonyl (C=O) groups is 3. The molecule has 1 atom stereocenters. The van der Waals surface area contributed by atoms with Gasteiger partial charge in [0.15, 0.2) is 6.61 Å². The third-order valence-electron chi connectivity index (χ3n) is 4.00. The number of ether oxygens (including phenoxy) is 1. The summed E-state index contributed by atoms with van der Waals surface area (Å²) in [5.41, 5.74) is 1.97. The van der Waals surface area contributed by atoms with Crippen LogP contribution in [-0.2, 0) is 14.4 Å². The molecule has 2 aromatic rings. The van der Waals surface area contributed by atoms with E-state index in [0.29, 0.717) is 29.8 Å². The molecular weight excluding hydrogens is 348 g/mol. The lowest BCUT2D eigenvalue weighted by Crippen LogP contribution is -2.39. The molecule has 8 heteroatoms. The van der Waals surface area contributed by atoms with Gasteiger partial charge in [0, 0.05) is 17.5 Å². The smallest absolute Gasteiger partial charge is 0.341 e. The highest BCUT2D eigenvalue weighted by Crippen LogP contribution is 2.32. The second-order valence-electron chi connectivity index (χ2n) is 5.68. The Balaban J connectivity index is 0.00000225. The van der Waals surface area contributed by atoms with E-state index in [1.54, 1.807) is 19.1 Å². The molecule has 132 valence electrons. The topological polar surface area (TPSA) is 106 Å². The number of pyridine rings is 1. The zero-order valence-electron chi connectivity index (χ0n) is 13.4. The highest BCUT2D eigenvalue weighted by atomic mass is 35.5. The van der Waals surface area contributed by atoms with E-state index in [1.807, 2.05) is 12.1 Å². The van der Waals surface area contributed by atoms with Gasteiger partial charge in [0.2, 0.25) is 11.8 Å². The number of rotatable bonds is 4. The second kappa shape index (κ2) is 7.48. The number of aryl methyl sites for hydroxylation is 1. The summed E-state index contributed by atoms with van der Waals surface area (Å²) >= 11 is 0. The Morgan fingerprint density at radius 3 is 2.84 bits per heavy atom. The maximum atomic E-state index is 12.1. The molecule has 3 rings (SSSR count). The van der Waals surface area contributed by atoms with Crippen LogP contribution in [-0.4, -0.2) is 34.5 Å². The maximum Gasteiger partial charge on any atom is 0.341 e. The van der Waals surface area contributed by atoms with Crippen LogP contribution < -0.4 is 10.1 Å². The van der Waals surface area contributed by atoms with E-state index in [9.17, 15) is 14.4 Å². The van der Waals surface area contributed by atoms with Crippen molar-refractivity contribution in [3.8, 4) is 5.75 Å². The summed E-state index contributed by atoms with van der Waals surface area (Å²) in [4.78, 5) is 38.6. The fourth-order valence-electron chi connectivity index (χ4n) is 2.88. The third kappa shape index (κ3) is 3.88. The number of hydrogen-bond donors (Lipinski definition) is 2. The minimum atomic E-state index is -1.07. The van der Waals surface area contributed by atoms with Gasteiger partial charge < -0.3 is 9.84 Å². The van der Waals surface area contributed by atoms with Crippen LogP contribution in [0, 0.1) is 6.92 Å². The van der Waals surface area contributed by atoms with Gasteiger partial charge in [0.1, 0.15) is 11.3 Å². The van der Waals surface area contributed by atoms with E-state index in [0.717, 1.165) is 10.9 Å². The molecule has 0 bridgehead atoms. The van der Waals surface area contributed by atoms with Gasteiger partial charge in [-0.05, 0) is 31.0 Å². The number of carboxylic acid groups (broad SMARTS) is 1. The molecule has 0 spiro atoms. The number of nitrogens with one attached hydrogen (secondary N) is 1. The molecule has 0 aliphatic carbocycles. The number of carboxylic acids is 1. The molecule has 1 aromatic heterocycles. The molecule has 25 heavy (non-hydrogen) atoms. The summed E-state index contributed by atoms with van der Waals surface area (Å²) in [7, 11) is 0. The predicted octanol–water partition coefficient (Wildman–Crippen LogP) is 1.95. The van der Waals surface area contributed by atoms with E-state index in [2.05, 4.69) is 10.3 Å². The summed E-state index contributed by atoms with van der Waals surface area (Å²) in [6.07, 6.45) is 0.754. The van der Waals surface area contributed by atoms with Crippen molar-refractivity contribution in [3.05, 3.63) is 35.5 Å². The summed E-state index contributed by atoms with van der Waals surface area (Å²) < 4.78 is 5.27. The van der Waals surface area contributed by atoms with Crippen LogP contribution in [0.15, 0.2) is 24.3 Å². The first-order chi connectivity index (χ1) is 11.5. The van der Waals surface area contributed by atoms with E-state index < -0.39 is 18.5 Å². The van der Waals surface area contributed by atoms with E-state index in [1.165, 1.54) is 0 Å². The molecular formula is C17H17ClN2O5. The number of halogens is 1. The van der Waals surface area contributed by atoms with E-state index in [4.69, 9.17) is 9.84 Å². The number of aliphatic carboxylic acids is 1. The van der Waals surface area contributed by atoms with Gasteiger partial charge in [-0.3, -0.25) is 14.9 Å². The summed E-state index contributed by atoms with van der Waals surface area (Å²) in [5.74, 6) is -1.67. The molecule has 1 aromatic carbocycles. The molecule has 2 amide bonds. The van der Waals surface area contributed by atoms with Gasteiger partial charge in [-0.25, -0.2) is 9.78 Å². The molecule has 2 heterocycles. The normalized spacial score (nSPS) is 16.9. The molecule has 1 fully saturated rings.